The van der Waals surface area contributed by atoms with Gasteiger partial charge in [-0.15, -0.1) is 0 Å². The normalized spacial score (nSPS) is 14.6. The van der Waals surface area contributed by atoms with Crippen LogP contribution in [0.2, 0.25) is 0 Å². The molecule has 4 rings (SSSR count). The van der Waals surface area contributed by atoms with E-state index in [2.05, 4.69) is 64.7 Å². The van der Waals surface area contributed by atoms with Crippen molar-refractivity contribution >= 4 is 0 Å². The van der Waals surface area contributed by atoms with Gasteiger partial charge in [0.05, 0.1) is 12.4 Å². The zero-order chi connectivity index (χ0) is 17.9. The van der Waals surface area contributed by atoms with Crippen molar-refractivity contribution < 1.29 is 4.74 Å². The summed E-state index contributed by atoms with van der Waals surface area (Å²) >= 11 is 0. The third-order valence-corrected chi connectivity index (χ3v) is 5.29. The van der Waals surface area contributed by atoms with Gasteiger partial charge in [0, 0.05) is 36.1 Å². The maximum Gasteiger partial charge on any atom is 0.132 e. The zero-order valence-electron chi connectivity index (χ0n) is 15.4. The van der Waals surface area contributed by atoms with Crippen LogP contribution in [0.1, 0.15) is 43.5 Å². The Kier molecular flexibility index (Phi) is 4.76. The number of ether oxygens (including phenoxy) is 1. The van der Waals surface area contributed by atoms with Crippen molar-refractivity contribution in [1.82, 2.24) is 14.5 Å². The quantitative estimate of drug-likeness (QED) is 0.625. The van der Waals surface area contributed by atoms with Gasteiger partial charge in [-0.3, -0.25) is 4.90 Å². The van der Waals surface area contributed by atoms with Crippen LogP contribution in [0, 0.1) is 0 Å². The molecular weight excluding hydrogens is 322 g/mol. The van der Waals surface area contributed by atoms with Crippen LogP contribution in [-0.2, 0) is 0 Å². The van der Waals surface area contributed by atoms with Crippen molar-refractivity contribution in [1.29, 1.82) is 0 Å². The topological polar surface area (TPSA) is 30.3 Å². The largest absolute Gasteiger partial charge is 0.457 e. The predicted octanol–water partition coefficient (Wildman–Crippen LogP) is 5.05. The van der Waals surface area contributed by atoms with Crippen LogP contribution in [0.3, 0.4) is 0 Å². The second-order valence-corrected chi connectivity index (χ2v) is 6.86. The van der Waals surface area contributed by atoms with Gasteiger partial charge in [0.25, 0.3) is 0 Å². The Morgan fingerprint density at radius 2 is 1.73 bits per heavy atom. The van der Waals surface area contributed by atoms with Crippen molar-refractivity contribution in [3.05, 3.63) is 78.4 Å². The molecule has 0 radical (unpaired) electrons. The minimum Gasteiger partial charge on any atom is -0.457 e. The van der Waals surface area contributed by atoms with Crippen LogP contribution >= 0.6 is 0 Å². The molecule has 2 heterocycles. The van der Waals surface area contributed by atoms with Gasteiger partial charge in [-0.1, -0.05) is 43.3 Å². The minimum absolute atomic E-state index is 0.233. The first-order valence-electron chi connectivity index (χ1n) is 9.35. The third-order valence-electron chi connectivity index (χ3n) is 5.29. The van der Waals surface area contributed by atoms with Gasteiger partial charge in [-0.25, -0.2) is 4.98 Å². The zero-order valence-corrected chi connectivity index (χ0v) is 15.4. The first kappa shape index (κ1) is 16.9. The number of imidazole rings is 1. The Balaban J connectivity index is 1.62. The molecule has 4 nitrogen and oxygen atoms in total. The van der Waals surface area contributed by atoms with E-state index in [-0.39, 0.29) is 6.04 Å². The molecule has 0 amide bonds. The Bertz CT molecular complexity index is 814. The maximum atomic E-state index is 6.15. The molecule has 0 spiro atoms. The van der Waals surface area contributed by atoms with Crippen LogP contribution in [-0.4, -0.2) is 27.5 Å². The Morgan fingerprint density at radius 1 is 1.08 bits per heavy atom. The summed E-state index contributed by atoms with van der Waals surface area (Å²) in [7, 11) is 0. The highest BCUT2D eigenvalue weighted by molar-refractivity contribution is 5.52. The summed E-state index contributed by atoms with van der Waals surface area (Å²) in [5.41, 5.74) is 2.51. The molecule has 0 N–H and O–H groups in total. The third kappa shape index (κ3) is 3.13. The fraction of sp³-hybridized carbons (Fsp3) is 0.318. The van der Waals surface area contributed by atoms with E-state index in [1.807, 2.05) is 30.9 Å². The van der Waals surface area contributed by atoms with Gasteiger partial charge in [-0.2, -0.15) is 0 Å². The molecule has 1 aromatic heterocycles. The molecule has 4 heteroatoms. The summed E-state index contributed by atoms with van der Waals surface area (Å²) in [6.07, 6.45) is 6.87. The van der Waals surface area contributed by atoms with Crippen molar-refractivity contribution in [2.24, 2.45) is 0 Å². The lowest BCUT2D eigenvalue weighted by Gasteiger charge is -2.36. The number of hydrogen-bond acceptors (Lipinski definition) is 3. The Hall–Kier alpha value is -2.59. The lowest BCUT2D eigenvalue weighted by Crippen LogP contribution is -2.33. The van der Waals surface area contributed by atoms with Crippen molar-refractivity contribution in [3.63, 3.8) is 0 Å². The van der Waals surface area contributed by atoms with Crippen molar-refractivity contribution in [2.45, 2.75) is 32.4 Å². The molecule has 134 valence electrons. The second kappa shape index (κ2) is 7.34. The van der Waals surface area contributed by atoms with Crippen LogP contribution in [0.15, 0.2) is 67.3 Å². The van der Waals surface area contributed by atoms with E-state index >= 15 is 0 Å². The Morgan fingerprint density at radius 3 is 2.31 bits per heavy atom. The van der Waals surface area contributed by atoms with Gasteiger partial charge >= 0.3 is 0 Å². The van der Waals surface area contributed by atoms with E-state index in [4.69, 9.17) is 4.74 Å². The van der Waals surface area contributed by atoms with E-state index in [9.17, 15) is 0 Å². The fourth-order valence-electron chi connectivity index (χ4n) is 3.78. The number of nitrogens with zero attached hydrogens (tertiary/aromatic N) is 3. The van der Waals surface area contributed by atoms with Crippen molar-refractivity contribution in [2.75, 3.05) is 13.1 Å². The first-order chi connectivity index (χ1) is 12.8. The van der Waals surface area contributed by atoms with Crippen LogP contribution in [0.5, 0.6) is 11.5 Å². The SMILES string of the molecule is CCN(CCC(C)n1ccnc1)C1c2ccccc2Oc2ccccc21. The van der Waals surface area contributed by atoms with E-state index in [0.717, 1.165) is 31.0 Å². The summed E-state index contributed by atoms with van der Waals surface area (Å²) < 4.78 is 8.33. The number of para-hydroxylation sites is 2. The highest BCUT2D eigenvalue weighted by atomic mass is 16.5. The molecule has 0 bridgehead atoms. The lowest BCUT2D eigenvalue weighted by molar-refractivity contribution is 0.210. The molecule has 0 saturated carbocycles. The number of benzene rings is 2. The predicted molar refractivity (Wildman–Crippen MR) is 104 cm³/mol. The molecule has 1 atom stereocenters. The first-order valence-corrected chi connectivity index (χ1v) is 9.35. The highest BCUT2D eigenvalue weighted by Crippen LogP contribution is 2.45. The molecule has 26 heavy (non-hydrogen) atoms. The van der Waals surface area contributed by atoms with Gasteiger partial charge in [-0.05, 0) is 32.0 Å². The monoisotopic (exact) mass is 347 g/mol. The molecule has 1 aliphatic heterocycles. The molecule has 2 aromatic carbocycles. The maximum absolute atomic E-state index is 6.15. The van der Waals surface area contributed by atoms with E-state index in [0.29, 0.717) is 6.04 Å². The van der Waals surface area contributed by atoms with Gasteiger partial charge in [0.2, 0.25) is 0 Å². The van der Waals surface area contributed by atoms with Crippen LogP contribution < -0.4 is 4.74 Å². The molecule has 1 unspecified atom stereocenters. The number of aromatic nitrogens is 2. The molecular formula is C22H25N3O. The Labute approximate surface area is 155 Å². The number of hydrogen-bond donors (Lipinski definition) is 0. The summed E-state index contributed by atoms with van der Waals surface area (Å²) in [6.45, 7) is 6.50. The lowest BCUT2D eigenvalue weighted by atomic mass is 9.93. The van der Waals surface area contributed by atoms with E-state index in [1.165, 1.54) is 11.1 Å². The summed E-state index contributed by atoms with van der Waals surface area (Å²) in [5, 5.41) is 0. The van der Waals surface area contributed by atoms with Gasteiger partial charge in [0.1, 0.15) is 11.5 Å². The van der Waals surface area contributed by atoms with Crippen molar-refractivity contribution in [3.8, 4) is 11.5 Å². The smallest absolute Gasteiger partial charge is 0.132 e. The van der Waals surface area contributed by atoms with E-state index < -0.39 is 0 Å². The summed E-state index contributed by atoms with van der Waals surface area (Å²) in [5.74, 6) is 1.94. The summed E-state index contributed by atoms with van der Waals surface area (Å²) in [6, 6.07) is 17.5. The average Bonchev–Trinajstić information content (AvgIpc) is 3.22. The molecule has 0 saturated heterocycles. The molecule has 3 aromatic rings. The molecule has 0 aliphatic carbocycles. The van der Waals surface area contributed by atoms with E-state index in [1.54, 1.807) is 0 Å². The fourth-order valence-corrected chi connectivity index (χ4v) is 3.78. The summed E-state index contributed by atoms with van der Waals surface area (Å²) in [4.78, 5) is 6.72. The number of fused-ring (bicyclic) bond motifs is 2. The number of rotatable bonds is 6. The highest BCUT2D eigenvalue weighted by Gasteiger charge is 2.30. The van der Waals surface area contributed by atoms with Crippen LogP contribution in [0.4, 0.5) is 0 Å². The molecule has 0 fully saturated rings. The van der Waals surface area contributed by atoms with Gasteiger partial charge in [0.15, 0.2) is 0 Å². The van der Waals surface area contributed by atoms with Gasteiger partial charge < -0.3 is 9.30 Å². The average molecular weight is 347 g/mol. The van der Waals surface area contributed by atoms with Crippen LogP contribution in [0.25, 0.3) is 0 Å². The molecule has 1 aliphatic rings. The minimum atomic E-state index is 0.233. The second-order valence-electron chi connectivity index (χ2n) is 6.86. The standard InChI is InChI=1S/C22H25N3O/c1-3-24(14-12-17(2)25-15-13-23-16-25)22-18-8-4-6-10-20(18)26-21-11-7-5-9-19(21)22/h4-11,13,15-17,22H,3,12,14H2,1-2H3.